The molecule has 0 N–H and O–H groups in total. The van der Waals surface area contributed by atoms with Crippen LogP contribution in [0.5, 0.6) is 0 Å². The summed E-state index contributed by atoms with van der Waals surface area (Å²) < 4.78 is 0. The van der Waals surface area contributed by atoms with E-state index < -0.39 is 0 Å². The summed E-state index contributed by atoms with van der Waals surface area (Å²) in [7, 11) is 0. The highest BCUT2D eigenvalue weighted by atomic mass is 14.7. The van der Waals surface area contributed by atoms with Crippen molar-refractivity contribution in [2.24, 2.45) is 4.99 Å². The van der Waals surface area contributed by atoms with Crippen LogP contribution >= 0.6 is 0 Å². The molecule has 1 aromatic carbocycles. The second kappa shape index (κ2) is 3.71. The van der Waals surface area contributed by atoms with E-state index in [0.29, 0.717) is 0 Å². The van der Waals surface area contributed by atoms with Crippen LogP contribution in [0.3, 0.4) is 0 Å². The molecular weight excluding hydrogens is 134 g/mol. The van der Waals surface area contributed by atoms with Crippen LogP contribution in [0.1, 0.15) is 12.5 Å². The first kappa shape index (κ1) is 7.73. The summed E-state index contributed by atoms with van der Waals surface area (Å²) in [5.74, 6) is 0. The Morgan fingerprint density at radius 2 is 2.00 bits per heavy atom. The lowest BCUT2D eigenvalue weighted by Crippen LogP contribution is -1.71. The molecule has 0 aliphatic heterocycles. The Balaban J connectivity index is 2.87. The third-order valence-electron chi connectivity index (χ3n) is 1.42. The van der Waals surface area contributed by atoms with Gasteiger partial charge in [0.1, 0.15) is 0 Å². The maximum atomic E-state index is 3.79. The lowest BCUT2D eigenvalue weighted by Gasteiger charge is -1.92. The smallest absolute Gasteiger partial charge is 0.0371 e. The van der Waals surface area contributed by atoms with Gasteiger partial charge in [-0.3, -0.25) is 4.99 Å². The standard InChI is InChI=1S/C10H11N/c1-9(11-2)8-10-6-4-3-5-7-10/h3-8H,2H2,1H3/b9-8+. The number of hydrogen-bond donors (Lipinski definition) is 0. The van der Waals surface area contributed by atoms with Gasteiger partial charge in [0.2, 0.25) is 0 Å². The van der Waals surface area contributed by atoms with E-state index in [1.54, 1.807) is 0 Å². The summed E-state index contributed by atoms with van der Waals surface area (Å²) >= 11 is 0. The fourth-order valence-electron chi connectivity index (χ4n) is 0.836. The molecule has 0 saturated heterocycles. The first-order valence-corrected chi connectivity index (χ1v) is 3.53. The number of nitrogens with zero attached hydrogens (tertiary/aromatic N) is 1. The molecule has 0 aromatic heterocycles. The molecule has 11 heavy (non-hydrogen) atoms. The van der Waals surface area contributed by atoms with Crippen molar-refractivity contribution >= 4 is 12.8 Å². The number of rotatable bonds is 2. The molecule has 0 unspecified atom stereocenters. The monoisotopic (exact) mass is 145 g/mol. The molecule has 0 heterocycles. The lowest BCUT2D eigenvalue weighted by atomic mass is 10.2. The topological polar surface area (TPSA) is 12.4 Å². The van der Waals surface area contributed by atoms with Gasteiger partial charge >= 0.3 is 0 Å². The van der Waals surface area contributed by atoms with E-state index in [1.165, 1.54) is 0 Å². The molecule has 1 nitrogen and oxygen atoms in total. The summed E-state index contributed by atoms with van der Waals surface area (Å²) in [5, 5.41) is 0. The molecule has 1 rings (SSSR count). The van der Waals surface area contributed by atoms with Crippen molar-refractivity contribution in [2.75, 3.05) is 0 Å². The average molecular weight is 145 g/mol. The maximum Gasteiger partial charge on any atom is 0.0371 e. The summed E-state index contributed by atoms with van der Waals surface area (Å²) in [6, 6.07) is 10.1. The molecule has 1 heteroatoms. The van der Waals surface area contributed by atoms with Crippen LogP contribution < -0.4 is 0 Å². The third-order valence-corrected chi connectivity index (χ3v) is 1.42. The van der Waals surface area contributed by atoms with Crippen LogP contribution in [0.2, 0.25) is 0 Å². The van der Waals surface area contributed by atoms with Gasteiger partial charge in [0.05, 0.1) is 0 Å². The van der Waals surface area contributed by atoms with Crippen LogP contribution in [0.15, 0.2) is 41.0 Å². The van der Waals surface area contributed by atoms with Gasteiger partial charge < -0.3 is 0 Å². The molecule has 0 aliphatic rings. The Labute approximate surface area is 67.1 Å². The Bertz CT molecular complexity index is 259. The van der Waals surface area contributed by atoms with Gasteiger partial charge in [0.25, 0.3) is 0 Å². The molecule has 0 atom stereocenters. The minimum Gasteiger partial charge on any atom is -0.269 e. The Kier molecular flexibility index (Phi) is 2.61. The predicted octanol–water partition coefficient (Wildman–Crippen LogP) is 2.75. The molecule has 0 saturated carbocycles. The van der Waals surface area contributed by atoms with E-state index in [4.69, 9.17) is 0 Å². The highest BCUT2D eigenvalue weighted by molar-refractivity contribution is 5.53. The summed E-state index contributed by atoms with van der Waals surface area (Å²) in [5.41, 5.74) is 2.11. The quantitative estimate of drug-likeness (QED) is 0.567. The number of aliphatic imine (C=N–C) groups is 1. The van der Waals surface area contributed by atoms with E-state index in [1.807, 2.05) is 43.3 Å². The Morgan fingerprint density at radius 3 is 2.55 bits per heavy atom. The number of benzene rings is 1. The van der Waals surface area contributed by atoms with E-state index in [-0.39, 0.29) is 0 Å². The average Bonchev–Trinajstić information content (AvgIpc) is 2.06. The zero-order valence-corrected chi connectivity index (χ0v) is 6.62. The lowest BCUT2D eigenvalue weighted by molar-refractivity contribution is 1.35. The second-order valence-electron chi connectivity index (χ2n) is 2.35. The molecule has 56 valence electrons. The van der Waals surface area contributed by atoms with E-state index in [2.05, 4.69) is 11.7 Å². The highest BCUT2D eigenvalue weighted by Crippen LogP contribution is 2.05. The van der Waals surface area contributed by atoms with Gasteiger partial charge in [-0.25, -0.2) is 0 Å². The number of allylic oxidation sites excluding steroid dienone is 1. The molecule has 0 spiro atoms. The van der Waals surface area contributed by atoms with Crippen molar-refractivity contribution in [1.82, 2.24) is 0 Å². The fourth-order valence-corrected chi connectivity index (χ4v) is 0.836. The van der Waals surface area contributed by atoms with Gasteiger partial charge in [0.15, 0.2) is 0 Å². The van der Waals surface area contributed by atoms with E-state index >= 15 is 0 Å². The maximum absolute atomic E-state index is 3.79. The predicted molar refractivity (Wildman–Crippen MR) is 49.6 cm³/mol. The largest absolute Gasteiger partial charge is 0.269 e. The molecule has 0 aliphatic carbocycles. The van der Waals surface area contributed by atoms with Gasteiger partial charge in [-0.05, 0) is 25.3 Å². The van der Waals surface area contributed by atoms with E-state index in [0.717, 1.165) is 11.3 Å². The third kappa shape index (κ3) is 2.38. The Morgan fingerprint density at radius 1 is 1.36 bits per heavy atom. The SMILES string of the molecule is C=N/C(C)=C/c1ccccc1. The van der Waals surface area contributed by atoms with Crippen LogP contribution in [0.4, 0.5) is 0 Å². The first-order chi connectivity index (χ1) is 5.33. The molecule has 1 aromatic rings. The molecule has 0 amide bonds. The zero-order chi connectivity index (χ0) is 8.10. The van der Waals surface area contributed by atoms with Crippen molar-refractivity contribution < 1.29 is 0 Å². The minimum atomic E-state index is 0.941. The van der Waals surface area contributed by atoms with Crippen molar-refractivity contribution in [3.63, 3.8) is 0 Å². The Hall–Kier alpha value is -1.37. The van der Waals surface area contributed by atoms with Crippen molar-refractivity contribution in [2.45, 2.75) is 6.92 Å². The fraction of sp³-hybridized carbons (Fsp3) is 0.100. The minimum absolute atomic E-state index is 0.941. The highest BCUT2D eigenvalue weighted by Gasteiger charge is 1.84. The summed E-state index contributed by atoms with van der Waals surface area (Å²) in [6.45, 7) is 5.37. The normalized spacial score (nSPS) is 11.2. The molecule has 0 radical (unpaired) electrons. The molecule has 0 bridgehead atoms. The van der Waals surface area contributed by atoms with Gasteiger partial charge in [-0.2, -0.15) is 0 Å². The first-order valence-electron chi connectivity index (χ1n) is 3.53. The van der Waals surface area contributed by atoms with Gasteiger partial charge in [-0.15, -0.1) is 0 Å². The van der Waals surface area contributed by atoms with Crippen LogP contribution in [-0.2, 0) is 0 Å². The van der Waals surface area contributed by atoms with Crippen molar-refractivity contribution in [1.29, 1.82) is 0 Å². The van der Waals surface area contributed by atoms with Crippen molar-refractivity contribution in [3.05, 3.63) is 41.6 Å². The molecular formula is C10H11N. The second-order valence-corrected chi connectivity index (χ2v) is 2.35. The van der Waals surface area contributed by atoms with Crippen LogP contribution in [-0.4, -0.2) is 6.72 Å². The number of hydrogen-bond acceptors (Lipinski definition) is 1. The van der Waals surface area contributed by atoms with Crippen molar-refractivity contribution in [3.8, 4) is 0 Å². The van der Waals surface area contributed by atoms with Crippen LogP contribution in [0.25, 0.3) is 6.08 Å². The van der Waals surface area contributed by atoms with Crippen LogP contribution in [0, 0.1) is 0 Å². The van der Waals surface area contributed by atoms with Gasteiger partial charge in [-0.1, -0.05) is 30.3 Å². The van der Waals surface area contributed by atoms with E-state index in [9.17, 15) is 0 Å². The van der Waals surface area contributed by atoms with Gasteiger partial charge in [0, 0.05) is 5.70 Å². The summed E-state index contributed by atoms with van der Waals surface area (Å²) in [4.78, 5) is 3.79. The zero-order valence-electron chi connectivity index (χ0n) is 6.62. The molecule has 0 fully saturated rings. The summed E-state index contributed by atoms with van der Waals surface area (Å²) in [6.07, 6.45) is 1.99.